The Morgan fingerprint density at radius 2 is 2.38 bits per heavy atom. The van der Waals surface area contributed by atoms with E-state index in [0.717, 1.165) is 13.1 Å². The minimum atomic E-state index is -0.409. The molecule has 4 nitrogen and oxygen atoms in total. The zero-order valence-corrected chi connectivity index (χ0v) is 8.38. The lowest BCUT2D eigenvalue weighted by Gasteiger charge is -2.41. The molecule has 13 heavy (non-hydrogen) atoms. The van der Waals surface area contributed by atoms with Crippen LogP contribution in [0.1, 0.15) is 20.3 Å². The number of carbonyl (C=O) groups excluding carboxylic acids is 1. The monoisotopic (exact) mass is 186 g/mol. The molecule has 0 aromatic heterocycles. The highest BCUT2D eigenvalue weighted by molar-refractivity contribution is 5.75. The van der Waals surface area contributed by atoms with E-state index in [1.54, 1.807) is 6.92 Å². The van der Waals surface area contributed by atoms with E-state index in [-0.39, 0.29) is 5.78 Å². The van der Waals surface area contributed by atoms with Gasteiger partial charge >= 0.3 is 0 Å². The number of carbonyl (C=O) groups is 1. The number of ether oxygens (including phenoxy) is 1. The molecule has 0 spiro atoms. The minimum Gasteiger partial charge on any atom is -0.377 e. The standard InChI is InChI=1S/C9H18N2O2/c1-8(12)3-4-11-5-6-13-7-9(11,2)10/h3-7,10H2,1-2H3. The van der Waals surface area contributed by atoms with Gasteiger partial charge in [-0.1, -0.05) is 0 Å². The lowest BCUT2D eigenvalue weighted by molar-refractivity contribution is -0.118. The molecule has 1 saturated heterocycles. The van der Waals surface area contributed by atoms with Crippen LogP contribution in [0.4, 0.5) is 0 Å². The summed E-state index contributed by atoms with van der Waals surface area (Å²) >= 11 is 0. The van der Waals surface area contributed by atoms with Gasteiger partial charge in [0, 0.05) is 19.5 Å². The van der Waals surface area contributed by atoms with E-state index in [2.05, 4.69) is 4.90 Å². The Kier molecular flexibility index (Phi) is 3.41. The number of ketones is 1. The van der Waals surface area contributed by atoms with Crippen LogP contribution in [0.15, 0.2) is 0 Å². The number of nitrogens with two attached hydrogens (primary N) is 1. The highest BCUT2D eigenvalue weighted by Gasteiger charge is 2.30. The van der Waals surface area contributed by atoms with E-state index >= 15 is 0 Å². The SMILES string of the molecule is CC(=O)CCN1CCOCC1(C)N. The van der Waals surface area contributed by atoms with Crippen molar-refractivity contribution in [1.29, 1.82) is 0 Å². The summed E-state index contributed by atoms with van der Waals surface area (Å²) < 4.78 is 5.27. The van der Waals surface area contributed by atoms with Crippen molar-refractivity contribution in [2.24, 2.45) is 5.73 Å². The van der Waals surface area contributed by atoms with Crippen LogP contribution in [0, 0.1) is 0 Å². The Bertz CT molecular complexity index is 192. The van der Waals surface area contributed by atoms with Gasteiger partial charge < -0.3 is 10.5 Å². The van der Waals surface area contributed by atoms with Crippen LogP contribution in [0.2, 0.25) is 0 Å². The smallest absolute Gasteiger partial charge is 0.131 e. The Morgan fingerprint density at radius 1 is 1.69 bits per heavy atom. The lowest BCUT2D eigenvalue weighted by Crippen LogP contribution is -2.61. The first-order valence-electron chi connectivity index (χ1n) is 4.63. The Balaban J connectivity index is 2.41. The van der Waals surface area contributed by atoms with Crippen LogP contribution in [-0.2, 0) is 9.53 Å². The van der Waals surface area contributed by atoms with Gasteiger partial charge in [0.1, 0.15) is 5.78 Å². The second-order valence-corrected chi connectivity index (χ2v) is 3.85. The third kappa shape index (κ3) is 3.06. The topological polar surface area (TPSA) is 55.6 Å². The van der Waals surface area contributed by atoms with E-state index in [0.29, 0.717) is 19.6 Å². The number of Topliss-reactive ketones (excluding diaryl/α,β-unsaturated/α-hetero) is 1. The zero-order chi connectivity index (χ0) is 9.90. The molecule has 1 aliphatic heterocycles. The highest BCUT2D eigenvalue weighted by Crippen LogP contribution is 2.13. The summed E-state index contributed by atoms with van der Waals surface area (Å²) in [6.07, 6.45) is 0.576. The molecule has 0 bridgehead atoms. The molecule has 0 radical (unpaired) electrons. The first-order chi connectivity index (χ1) is 6.02. The molecule has 0 aromatic carbocycles. The fourth-order valence-electron chi connectivity index (χ4n) is 1.46. The van der Waals surface area contributed by atoms with Crippen molar-refractivity contribution in [2.75, 3.05) is 26.3 Å². The van der Waals surface area contributed by atoms with Crippen molar-refractivity contribution in [3.63, 3.8) is 0 Å². The third-order valence-electron chi connectivity index (χ3n) is 2.36. The number of hydrogen-bond donors (Lipinski definition) is 1. The summed E-state index contributed by atoms with van der Waals surface area (Å²) in [5.41, 5.74) is 5.59. The summed E-state index contributed by atoms with van der Waals surface area (Å²) in [5.74, 6) is 0.210. The van der Waals surface area contributed by atoms with Crippen LogP contribution in [0.25, 0.3) is 0 Å². The molecule has 1 atom stereocenters. The van der Waals surface area contributed by atoms with Gasteiger partial charge in [0.05, 0.1) is 18.9 Å². The first kappa shape index (κ1) is 10.6. The maximum Gasteiger partial charge on any atom is 0.131 e. The molecule has 1 aliphatic rings. The molecule has 4 heteroatoms. The van der Waals surface area contributed by atoms with Gasteiger partial charge in [0.15, 0.2) is 0 Å². The Hall–Kier alpha value is -0.450. The van der Waals surface area contributed by atoms with Gasteiger partial charge in [-0.15, -0.1) is 0 Å². The molecule has 1 fully saturated rings. The quantitative estimate of drug-likeness (QED) is 0.672. The Labute approximate surface area is 79.0 Å². The molecular weight excluding hydrogens is 168 g/mol. The van der Waals surface area contributed by atoms with Crippen LogP contribution < -0.4 is 5.73 Å². The maximum absolute atomic E-state index is 10.8. The van der Waals surface area contributed by atoms with Gasteiger partial charge in [-0.25, -0.2) is 0 Å². The molecule has 0 aromatic rings. The molecule has 0 amide bonds. The van der Waals surface area contributed by atoms with Crippen LogP contribution in [0.3, 0.4) is 0 Å². The average molecular weight is 186 g/mol. The molecule has 1 unspecified atom stereocenters. The average Bonchev–Trinajstić information content (AvgIpc) is 2.01. The van der Waals surface area contributed by atoms with E-state index in [1.165, 1.54) is 0 Å². The fraction of sp³-hybridized carbons (Fsp3) is 0.889. The second kappa shape index (κ2) is 4.17. The fourth-order valence-corrected chi connectivity index (χ4v) is 1.46. The number of rotatable bonds is 3. The van der Waals surface area contributed by atoms with Crippen molar-refractivity contribution < 1.29 is 9.53 Å². The molecule has 0 aliphatic carbocycles. The molecule has 0 saturated carbocycles. The van der Waals surface area contributed by atoms with Gasteiger partial charge in [-0.3, -0.25) is 9.69 Å². The summed E-state index contributed by atoms with van der Waals surface area (Å²) in [6, 6.07) is 0. The van der Waals surface area contributed by atoms with Crippen LogP contribution in [0.5, 0.6) is 0 Å². The zero-order valence-electron chi connectivity index (χ0n) is 8.38. The van der Waals surface area contributed by atoms with E-state index in [1.807, 2.05) is 6.92 Å². The van der Waals surface area contributed by atoms with Gasteiger partial charge in [-0.05, 0) is 13.8 Å². The third-order valence-corrected chi connectivity index (χ3v) is 2.36. The predicted molar refractivity (Wildman–Crippen MR) is 50.3 cm³/mol. The van der Waals surface area contributed by atoms with Crippen molar-refractivity contribution in [3.8, 4) is 0 Å². The number of morpholine rings is 1. The van der Waals surface area contributed by atoms with Crippen molar-refractivity contribution in [3.05, 3.63) is 0 Å². The van der Waals surface area contributed by atoms with Crippen molar-refractivity contribution >= 4 is 5.78 Å². The molecule has 1 rings (SSSR count). The van der Waals surface area contributed by atoms with Crippen molar-refractivity contribution in [1.82, 2.24) is 4.90 Å². The Morgan fingerprint density at radius 3 is 2.92 bits per heavy atom. The first-order valence-corrected chi connectivity index (χ1v) is 4.63. The normalized spacial score (nSPS) is 30.4. The summed E-state index contributed by atoms with van der Waals surface area (Å²) in [6.45, 7) is 6.36. The summed E-state index contributed by atoms with van der Waals surface area (Å²) in [7, 11) is 0. The van der Waals surface area contributed by atoms with Crippen LogP contribution in [-0.4, -0.2) is 42.6 Å². The van der Waals surface area contributed by atoms with Gasteiger partial charge in [0.25, 0.3) is 0 Å². The largest absolute Gasteiger partial charge is 0.377 e. The predicted octanol–water partition coefficient (Wildman–Crippen LogP) is -0.0274. The van der Waals surface area contributed by atoms with E-state index in [4.69, 9.17) is 10.5 Å². The lowest BCUT2D eigenvalue weighted by atomic mass is 10.1. The molecular formula is C9H18N2O2. The van der Waals surface area contributed by atoms with E-state index in [9.17, 15) is 4.79 Å². The number of hydrogen-bond acceptors (Lipinski definition) is 4. The summed E-state index contributed by atoms with van der Waals surface area (Å²) in [4.78, 5) is 12.9. The van der Waals surface area contributed by atoms with Gasteiger partial charge in [-0.2, -0.15) is 0 Å². The maximum atomic E-state index is 10.8. The highest BCUT2D eigenvalue weighted by atomic mass is 16.5. The van der Waals surface area contributed by atoms with E-state index < -0.39 is 5.66 Å². The number of nitrogens with zero attached hydrogens (tertiary/aromatic N) is 1. The van der Waals surface area contributed by atoms with Gasteiger partial charge in [0.2, 0.25) is 0 Å². The molecule has 2 N–H and O–H groups in total. The molecule has 1 heterocycles. The molecule has 76 valence electrons. The minimum absolute atomic E-state index is 0.210. The second-order valence-electron chi connectivity index (χ2n) is 3.85. The van der Waals surface area contributed by atoms with Crippen LogP contribution >= 0.6 is 0 Å². The summed E-state index contributed by atoms with van der Waals surface area (Å²) in [5, 5.41) is 0. The van der Waals surface area contributed by atoms with Crippen molar-refractivity contribution in [2.45, 2.75) is 25.9 Å².